The Balaban J connectivity index is 2.09. The summed E-state index contributed by atoms with van der Waals surface area (Å²) in [5, 5.41) is 20.8. The van der Waals surface area contributed by atoms with Crippen molar-refractivity contribution in [1.29, 1.82) is 5.26 Å². The van der Waals surface area contributed by atoms with Gasteiger partial charge in [0.05, 0.1) is 21.4 Å². The minimum atomic E-state index is -3.69. The molecule has 1 unspecified atom stereocenters. The largest absolute Gasteiger partial charge is 0.383 e. The second-order valence-electron chi connectivity index (χ2n) is 6.21. The molecule has 0 radical (unpaired) electrons. The molecule has 4 nitrogen and oxygen atoms in total. The number of hydrogen-bond donors (Lipinski definition) is 1. The van der Waals surface area contributed by atoms with Crippen LogP contribution in [0.3, 0.4) is 0 Å². The zero-order valence-electron chi connectivity index (χ0n) is 14.2. The smallest absolute Gasteiger partial charge is 0.207 e. The Labute approximate surface area is 157 Å². The lowest BCUT2D eigenvalue weighted by atomic mass is 9.88. The van der Waals surface area contributed by atoms with Crippen LogP contribution in [0.1, 0.15) is 22.8 Å². The van der Waals surface area contributed by atoms with Gasteiger partial charge in [0.15, 0.2) is 0 Å². The maximum absolute atomic E-state index is 13.0. The Bertz CT molecular complexity index is 1150. The van der Waals surface area contributed by atoms with Gasteiger partial charge in [-0.25, -0.2) is 8.42 Å². The van der Waals surface area contributed by atoms with E-state index in [-0.39, 0.29) is 15.4 Å². The van der Waals surface area contributed by atoms with Crippen LogP contribution in [0.25, 0.3) is 5.57 Å². The molecule has 1 aliphatic heterocycles. The molecule has 0 saturated carbocycles. The summed E-state index contributed by atoms with van der Waals surface area (Å²) in [6, 6.07) is 24.2. The van der Waals surface area contributed by atoms with Gasteiger partial charge in [-0.3, -0.25) is 0 Å². The number of aliphatic hydroxyl groups is 1. The standard InChI is InChI=1S/C22H15NO3S/c23-14-18(22(24)15-8-2-1-3-9-15)21-16-10-4-6-12-19(16)27(25,26)20-13-7-5-11-17(20)21/h1-13,22,24H. The lowest BCUT2D eigenvalue weighted by Crippen LogP contribution is -2.16. The molecule has 5 heteroatoms. The SMILES string of the molecule is N#CC(=C1c2ccccc2S(=O)(=O)c2ccccc21)C(O)c1ccccc1. The van der Waals surface area contributed by atoms with Crippen molar-refractivity contribution < 1.29 is 13.5 Å². The molecule has 0 bridgehead atoms. The predicted molar refractivity (Wildman–Crippen MR) is 101 cm³/mol. The summed E-state index contributed by atoms with van der Waals surface area (Å²) >= 11 is 0. The van der Waals surface area contributed by atoms with Gasteiger partial charge in [-0.2, -0.15) is 5.26 Å². The zero-order chi connectivity index (χ0) is 19.0. The number of nitrogens with zero attached hydrogens (tertiary/aromatic N) is 1. The van der Waals surface area contributed by atoms with E-state index < -0.39 is 15.9 Å². The van der Waals surface area contributed by atoms with Crippen molar-refractivity contribution in [1.82, 2.24) is 0 Å². The van der Waals surface area contributed by atoms with Crippen molar-refractivity contribution in [2.24, 2.45) is 0 Å². The highest BCUT2D eigenvalue weighted by molar-refractivity contribution is 7.91. The maximum Gasteiger partial charge on any atom is 0.207 e. The van der Waals surface area contributed by atoms with Crippen molar-refractivity contribution >= 4 is 15.4 Å². The monoisotopic (exact) mass is 373 g/mol. The molecule has 1 aliphatic rings. The number of sulfone groups is 1. The first-order chi connectivity index (χ1) is 13.1. The summed E-state index contributed by atoms with van der Waals surface area (Å²) in [6.45, 7) is 0. The molecule has 27 heavy (non-hydrogen) atoms. The molecule has 0 aromatic heterocycles. The maximum atomic E-state index is 13.0. The molecule has 0 fully saturated rings. The summed E-state index contributed by atoms with van der Waals surface area (Å²) in [6.07, 6.45) is -1.16. The zero-order valence-corrected chi connectivity index (χ0v) is 15.0. The molecule has 4 rings (SSSR count). The summed E-state index contributed by atoms with van der Waals surface area (Å²) in [4.78, 5) is 0.290. The molecule has 1 heterocycles. The topological polar surface area (TPSA) is 78.2 Å². The van der Waals surface area contributed by atoms with Crippen LogP contribution in [0.4, 0.5) is 0 Å². The third-order valence-electron chi connectivity index (χ3n) is 4.67. The highest BCUT2D eigenvalue weighted by Gasteiger charge is 2.34. The van der Waals surface area contributed by atoms with Gasteiger partial charge >= 0.3 is 0 Å². The van der Waals surface area contributed by atoms with E-state index in [9.17, 15) is 18.8 Å². The Morgan fingerprint density at radius 3 is 1.81 bits per heavy atom. The normalized spacial score (nSPS) is 15.2. The molecule has 0 spiro atoms. The lowest BCUT2D eigenvalue weighted by Gasteiger charge is -2.25. The van der Waals surface area contributed by atoms with Crippen LogP contribution in [0.2, 0.25) is 0 Å². The number of hydrogen-bond acceptors (Lipinski definition) is 4. The number of aliphatic hydroxyl groups excluding tert-OH is 1. The van der Waals surface area contributed by atoms with E-state index in [0.717, 1.165) is 0 Å². The average Bonchev–Trinajstić information content (AvgIpc) is 2.71. The first kappa shape index (κ1) is 17.2. The van der Waals surface area contributed by atoms with Crippen molar-refractivity contribution in [3.05, 3.63) is 101 Å². The van der Waals surface area contributed by atoms with E-state index in [1.807, 2.05) is 6.07 Å². The van der Waals surface area contributed by atoms with Crippen molar-refractivity contribution in [3.63, 3.8) is 0 Å². The van der Waals surface area contributed by atoms with Crippen LogP contribution in [0.15, 0.2) is 94.2 Å². The third-order valence-corrected chi connectivity index (χ3v) is 6.54. The molecule has 1 N–H and O–H groups in total. The molecule has 0 aliphatic carbocycles. The fourth-order valence-corrected chi connectivity index (χ4v) is 5.10. The Morgan fingerprint density at radius 1 is 0.815 bits per heavy atom. The fraction of sp³-hybridized carbons (Fsp3) is 0.0455. The van der Waals surface area contributed by atoms with Crippen molar-refractivity contribution in [2.75, 3.05) is 0 Å². The van der Waals surface area contributed by atoms with E-state index in [1.54, 1.807) is 60.7 Å². The number of fused-ring (bicyclic) bond motifs is 2. The van der Waals surface area contributed by atoms with Gasteiger partial charge in [0.25, 0.3) is 0 Å². The first-order valence-electron chi connectivity index (χ1n) is 8.37. The first-order valence-corrected chi connectivity index (χ1v) is 9.85. The molecule has 3 aromatic carbocycles. The Morgan fingerprint density at radius 2 is 1.30 bits per heavy atom. The van der Waals surface area contributed by atoms with Gasteiger partial charge in [-0.15, -0.1) is 0 Å². The lowest BCUT2D eigenvalue weighted by molar-refractivity contribution is 0.221. The van der Waals surface area contributed by atoms with E-state index >= 15 is 0 Å². The summed E-state index contributed by atoms with van der Waals surface area (Å²) in [5.41, 5.74) is 2.02. The Kier molecular flexibility index (Phi) is 4.15. The summed E-state index contributed by atoms with van der Waals surface area (Å²) in [5.74, 6) is 0. The van der Waals surface area contributed by atoms with E-state index in [1.165, 1.54) is 12.1 Å². The van der Waals surface area contributed by atoms with Crippen molar-refractivity contribution in [3.8, 4) is 6.07 Å². The van der Waals surface area contributed by atoms with Gasteiger partial charge in [-0.1, -0.05) is 66.7 Å². The summed E-state index contributed by atoms with van der Waals surface area (Å²) < 4.78 is 26.0. The minimum Gasteiger partial charge on any atom is -0.383 e. The number of benzene rings is 3. The molecule has 3 aromatic rings. The van der Waals surface area contributed by atoms with Gasteiger partial charge in [-0.05, 0) is 17.7 Å². The molecule has 132 valence electrons. The number of rotatable bonds is 2. The fourth-order valence-electron chi connectivity index (χ4n) is 3.42. The van der Waals surface area contributed by atoms with E-state index in [4.69, 9.17) is 0 Å². The molecule has 0 amide bonds. The van der Waals surface area contributed by atoms with E-state index in [0.29, 0.717) is 22.3 Å². The van der Waals surface area contributed by atoms with Crippen LogP contribution < -0.4 is 0 Å². The molecule has 1 atom stereocenters. The van der Waals surface area contributed by atoms with Crippen molar-refractivity contribution in [2.45, 2.75) is 15.9 Å². The molecule has 0 saturated heterocycles. The van der Waals surface area contributed by atoms with Crippen LogP contribution in [-0.2, 0) is 9.84 Å². The Hall–Kier alpha value is -3.20. The van der Waals surface area contributed by atoms with Gasteiger partial charge in [0, 0.05) is 16.7 Å². The molecular weight excluding hydrogens is 358 g/mol. The second kappa shape index (κ2) is 6.51. The van der Waals surface area contributed by atoms with Crippen LogP contribution >= 0.6 is 0 Å². The molecular formula is C22H15NO3S. The van der Waals surface area contributed by atoms with Gasteiger partial charge in [0.2, 0.25) is 9.84 Å². The van der Waals surface area contributed by atoms with E-state index in [2.05, 4.69) is 6.07 Å². The van der Waals surface area contributed by atoms with Crippen LogP contribution in [0.5, 0.6) is 0 Å². The third kappa shape index (κ3) is 2.67. The highest BCUT2D eigenvalue weighted by Crippen LogP contribution is 2.44. The summed E-state index contributed by atoms with van der Waals surface area (Å²) in [7, 11) is -3.69. The second-order valence-corrected chi connectivity index (χ2v) is 8.10. The number of nitriles is 1. The van der Waals surface area contributed by atoms with Gasteiger partial charge in [0.1, 0.15) is 6.10 Å². The highest BCUT2D eigenvalue weighted by atomic mass is 32.2. The van der Waals surface area contributed by atoms with Gasteiger partial charge < -0.3 is 5.11 Å². The quantitative estimate of drug-likeness (QED) is 0.541. The van der Waals surface area contributed by atoms with Crippen LogP contribution in [0, 0.1) is 11.3 Å². The minimum absolute atomic E-state index is 0.121. The van der Waals surface area contributed by atoms with Crippen LogP contribution in [-0.4, -0.2) is 13.5 Å². The average molecular weight is 373 g/mol. The predicted octanol–water partition coefficient (Wildman–Crippen LogP) is 3.89.